The Morgan fingerprint density at radius 3 is 2.25 bits per heavy atom. The van der Waals surface area contributed by atoms with Crippen molar-refractivity contribution in [2.75, 3.05) is 6.54 Å². The zero-order chi connectivity index (χ0) is 15.1. The first-order chi connectivity index (χ1) is 9.20. The Bertz CT molecular complexity index is 505. The van der Waals surface area contributed by atoms with Crippen LogP contribution in [0.4, 0.5) is 4.79 Å². The third-order valence-electron chi connectivity index (χ3n) is 3.84. The zero-order valence-electron chi connectivity index (χ0n) is 11.9. The van der Waals surface area contributed by atoms with Gasteiger partial charge in [-0.15, -0.1) is 0 Å². The summed E-state index contributed by atoms with van der Waals surface area (Å²) in [6.45, 7) is 6.75. The average Bonchev–Trinajstić information content (AvgIpc) is 2.71. The Labute approximate surface area is 129 Å². The standard InChI is InChI=1S/C15H19Cl2NO2/c1-15(2,3)13-12(4-5-18(13)14(19)20)9-6-10(16)8-11(17)7-9/h6-8,12-13H,4-5H2,1-3H3,(H,19,20). The molecule has 1 heterocycles. The van der Waals surface area contributed by atoms with Gasteiger partial charge in [-0.1, -0.05) is 44.0 Å². The second-order valence-corrected chi connectivity index (χ2v) is 7.26. The molecule has 5 heteroatoms. The highest BCUT2D eigenvalue weighted by Crippen LogP contribution is 2.43. The number of hydrogen-bond donors (Lipinski definition) is 1. The van der Waals surface area contributed by atoms with Gasteiger partial charge in [0.1, 0.15) is 0 Å². The molecule has 1 aliphatic heterocycles. The average molecular weight is 316 g/mol. The van der Waals surface area contributed by atoms with Crippen molar-refractivity contribution in [1.82, 2.24) is 4.90 Å². The molecule has 1 saturated heterocycles. The molecule has 1 amide bonds. The van der Waals surface area contributed by atoms with Gasteiger partial charge >= 0.3 is 6.09 Å². The second-order valence-electron chi connectivity index (χ2n) is 6.38. The number of nitrogens with zero attached hydrogens (tertiary/aromatic N) is 1. The van der Waals surface area contributed by atoms with E-state index < -0.39 is 6.09 Å². The van der Waals surface area contributed by atoms with Crippen LogP contribution in [0, 0.1) is 5.41 Å². The van der Waals surface area contributed by atoms with Crippen LogP contribution in [-0.4, -0.2) is 28.7 Å². The lowest BCUT2D eigenvalue weighted by molar-refractivity contribution is 0.101. The van der Waals surface area contributed by atoms with Crippen LogP contribution in [0.3, 0.4) is 0 Å². The molecule has 1 aromatic carbocycles. The third-order valence-corrected chi connectivity index (χ3v) is 4.28. The Morgan fingerprint density at radius 2 is 1.80 bits per heavy atom. The number of hydrogen-bond acceptors (Lipinski definition) is 1. The SMILES string of the molecule is CC(C)(C)C1C(c2cc(Cl)cc(Cl)c2)CCN1C(=O)O. The van der Waals surface area contributed by atoms with Crippen molar-refractivity contribution in [3.63, 3.8) is 0 Å². The summed E-state index contributed by atoms with van der Waals surface area (Å²) in [5.41, 5.74) is 0.875. The lowest BCUT2D eigenvalue weighted by atomic mass is 9.77. The Morgan fingerprint density at radius 1 is 1.25 bits per heavy atom. The van der Waals surface area contributed by atoms with Gasteiger partial charge < -0.3 is 10.0 Å². The predicted molar refractivity (Wildman–Crippen MR) is 81.8 cm³/mol. The van der Waals surface area contributed by atoms with Gasteiger partial charge in [-0.05, 0) is 35.6 Å². The lowest BCUT2D eigenvalue weighted by Gasteiger charge is -2.37. The number of benzene rings is 1. The summed E-state index contributed by atoms with van der Waals surface area (Å²) in [6, 6.07) is 5.40. The normalized spacial score (nSPS) is 23.1. The molecule has 1 N–H and O–H groups in total. The number of carboxylic acid groups (broad SMARTS) is 1. The molecule has 20 heavy (non-hydrogen) atoms. The summed E-state index contributed by atoms with van der Waals surface area (Å²) in [7, 11) is 0. The van der Waals surface area contributed by atoms with Crippen molar-refractivity contribution < 1.29 is 9.90 Å². The zero-order valence-corrected chi connectivity index (χ0v) is 13.4. The second kappa shape index (κ2) is 5.45. The van der Waals surface area contributed by atoms with E-state index in [0.717, 1.165) is 12.0 Å². The molecule has 1 aromatic rings. The highest BCUT2D eigenvalue weighted by Gasteiger charge is 2.44. The molecule has 1 fully saturated rings. The minimum Gasteiger partial charge on any atom is -0.465 e. The molecule has 2 rings (SSSR count). The maximum absolute atomic E-state index is 11.4. The van der Waals surface area contributed by atoms with E-state index in [-0.39, 0.29) is 17.4 Å². The van der Waals surface area contributed by atoms with Crippen molar-refractivity contribution in [1.29, 1.82) is 0 Å². The molecule has 0 bridgehead atoms. The fourth-order valence-corrected chi connectivity index (χ4v) is 3.76. The Kier molecular flexibility index (Phi) is 4.22. The molecule has 2 atom stereocenters. The molecule has 1 aliphatic rings. The molecule has 0 spiro atoms. The molecule has 0 aliphatic carbocycles. The van der Waals surface area contributed by atoms with Gasteiger partial charge in [0.25, 0.3) is 0 Å². The van der Waals surface area contributed by atoms with E-state index in [1.165, 1.54) is 0 Å². The van der Waals surface area contributed by atoms with Crippen LogP contribution in [0.2, 0.25) is 10.0 Å². The quantitative estimate of drug-likeness (QED) is 0.802. The first-order valence-corrected chi connectivity index (χ1v) is 7.41. The van der Waals surface area contributed by atoms with Crippen LogP contribution in [0.1, 0.15) is 38.7 Å². The van der Waals surface area contributed by atoms with E-state index in [4.69, 9.17) is 23.2 Å². The van der Waals surface area contributed by atoms with E-state index in [9.17, 15) is 9.90 Å². The van der Waals surface area contributed by atoms with E-state index in [2.05, 4.69) is 20.8 Å². The summed E-state index contributed by atoms with van der Waals surface area (Å²) in [6.07, 6.45) is -0.0641. The number of rotatable bonds is 1. The molecular formula is C15H19Cl2NO2. The van der Waals surface area contributed by atoms with Crippen LogP contribution >= 0.6 is 23.2 Å². The van der Waals surface area contributed by atoms with Gasteiger partial charge in [-0.3, -0.25) is 0 Å². The van der Waals surface area contributed by atoms with Crippen LogP contribution in [-0.2, 0) is 0 Å². The van der Waals surface area contributed by atoms with E-state index in [1.807, 2.05) is 12.1 Å². The number of halogens is 2. The van der Waals surface area contributed by atoms with Crippen molar-refractivity contribution in [3.05, 3.63) is 33.8 Å². The van der Waals surface area contributed by atoms with Crippen molar-refractivity contribution in [2.45, 2.75) is 39.2 Å². The smallest absolute Gasteiger partial charge is 0.407 e. The van der Waals surface area contributed by atoms with Crippen molar-refractivity contribution in [3.8, 4) is 0 Å². The molecule has 0 radical (unpaired) electrons. The molecule has 0 saturated carbocycles. The summed E-state index contributed by atoms with van der Waals surface area (Å²) in [5.74, 6) is 0.127. The fraction of sp³-hybridized carbons (Fsp3) is 0.533. The highest BCUT2D eigenvalue weighted by molar-refractivity contribution is 6.34. The van der Waals surface area contributed by atoms with Crippen LogP contribution in [0.5, 0.6) is 0 Å². The Balaban J connectivity index is 2.42. The largest absolute Gasteiger partial charge is 0.465 e. The molecule has 3 nitrogen and oxygen atoms in total. The Hall–Kier alpha value is -0.930. The lowest BCUT2D eigenvalue weighted by Crippen LogP contribution is -2.44. The van der Waals surface area contributed by atoms with E-state index >= 15 is 0 Å². The monoisotopic (exact) mass is 315 g/mol. The molecule has 110 valence electrons. The maximum atomic E-state index is 11.4. The van der Waals surface area contributed by atoms with Gasteiger partial charge in [0.2, 0.25) is 0 Å². The highest BCUT2D eigenvalue weighted by atomic mass is 35.5. The van der Waals surface area contributed by atoms with Crippen molar-refractivity contribution >= 4 is 29.3 Å². The van der Waals surface area contributed by atoms with Gasteiger partial charge in [-0.2, -0.15) is 0 Å². The number of amides is 1. The van der Waals surface area contributed by atoms with Crippen LogP contribution in [0.15, 0.2) is 18.2 Å². The van der Waals surface area contributed by atoms with Gasteiger partial charge in [0.05, 0.1) is 0 Å². The van der Waals surface area contributed by atoms with E-state index in [0.29, 0.717) is 16.6 Å². The molecule has 2 unspecified atom stereocenters. The topological polar surface area (TPSA) is 40.5 Å². The fourth-order valence-electron chi connectivity index (χ4n) is 3.22. The predicted octanol–water partition coefficient (Wildman–Crippen LogP) is 4.88. The number of carbonyl (C=O) groups is 1. The molecule has 0 aromatic heterocycles. The number of likely N-dealkylation sites (tertiary alicyclic amines) is 1. The maximum Gasteiger partial charge on any atom is 0.407 e. The van der Waals surface area contributed by atoms with Gasteiger partial charge in [0, 0.05) is 28.5 Å². The summed E-state index contributed by atoms with van der Waals surface area (Å²) in [5, 5.41) is 10.6. The van der Waals surface area contributed by atoms with Crippen LogP contribution in [0.25, 0.3) is 0 Å². The third kappa shape index (κ3) is 3.04. The minimum absolute atomic E-state index is 0.0745. The first-order valence-electron chi connectivity index (χ1n) is 6.65. The van der Waals surface area contributed by atoms with Crippen LogP contribution < -0.4 is 0 Å². The van der Waals surface area contributed by atoms with E-state index in [1.54, 1.807) is 11.0 Å². The first kappa shape index (κ1) is 15.5. The van der Waals surface area contributed by atoms with Crippen molar-refractivity contribution in [2.24, 2.45) is 5.41 Å². The van der Waals surface area contributed by atoms with Gasteiger partial charge in [-0.25, -0.2) is 4.79 Å². The summed E-state index contributed by atoms with van der Waals surface area (Å²) >= 11 is 12.2. The summed E-state index contributed by atoms with van der Waals surface area (Å²) < 4.78 is 0. The molecular weight excluding hydrogens is 297 g/mol. The summed E-state index contributed by atoms with van der Waals surface area (Å²) in [4.78, 5) is 13.0. The minimum atomic E-state index is -0.861. The van der Waals surface area contributed by atoms with Gasteiger partial charge in [0.15, 0.2) is 0 Å².